The first-order valence-electron chi connectivity index (χ1n) is 8.44. The van der Waals surface area contributed by atoms with Crippen molar-refractivity contribution >= 4 is 17.6 Å². The molecule has 0 saturated carbocycles. The molecule has 2 rings (SSSR count). The molecule has 1 amide bonds. The van der Waals surface area contributed by atoms with E-state index in [1.54, 1.807) is 12.1 Å². The number of carbonyl (C=O) groups excluding carboxylic acids is 1. The third-order valence-electron chi connectivity index (χ3n) is 4.09. The van der Waals surface area contributed by atoms with Crippen molar-refractivity contribution in [3.63, 3.8) is 0 Å². The molecule has 2 aromatic rings. The quantitative estimate of drug-likeness (QED) is 0.807. The molecule has 25 heavy (non-hydrogen) atoms. The molecule has 0 saturated heterocycles. The number of carbonyl (C=O) groups is 2. The summed E-state index contributed by atoms with van der Waals surface area (Å²) in [7, 11) is 0. The van der Waals surface area contributed by atoms with E-state index in [9.17, 15) is 9.59 Å². The number of carboxylic acid groups (broad SMARTS) is 1. The van der Waals surface area contributed by atoms with Crippen LogP contribution in [0.4, 0.5) is 5.69 Å². The first-order chi connectivity index (χ1) is 11.8. The highest BCUT2D eigenvalue weighted by atomic mass is 16.4. The Hall–Kier alpha value is -2.63. The molecule has 0 unspecified atom stereocenters. The zero-order valence-corrected chi connectivity index (χ0v) is 15.2. The van der Waals surface area contributed by atoms with Gasteiger partial charge < -0.3 is 10.4 Å². The average molecular weight is 343 g/mol. The van der Waals surface area contributed by atoms with Crippen molar-refractivity contribution in [1.29, 1.82) is 0 Å². The van der Waals surface area contributed by atoms with Gasteiger partial charge in [-0.3, -0.25) is 9.48 Å². The molecule has 0 bridgehead atoms. The Kier molecular flexibility index (Phi) is 5.96. The molecule has 134 valence electrons. The summed E-state index contributed by atoms with van der Waals surface area (Å²) < 4.78 is 2.01. The Balaban J connectivity index is 1.96. The number of anilines is 1. The highest BCUT2D eigenvalue weighted by molar-refractivity contribution is 5.92. The van der Waals surface area contributed by atoms with Gasteiger partial charge in [-0.2, -0.15) is 5.10 Å². The van der Waals surface area contributed by atoms with Crippen LogP contribution in [0.15, 0.2) is 24.3 Å². The van der Waals surface area contributed by atoms with E-state index < -0.39 is 5.97 Å². The molecule has 0 radical (unpaired) electrons. The molecule has 0 fully saturated rings. The van der Waals surface area contributed by atoms with Crippen LogP contribution in [0.1, 0.15) is 47.6 Å². The molecule has 1 aromatic heterocycles. The maximum absolute atomic E-state index is 12.2. The van der Waals surface area contributed by atoms with Gasteiger partial charge in [0.2, 0.25) is 5.91 Å². The second-order valence-corrected chi connectivity index (χ2v) is 6.66. The van der Waals surface area contributed by atoms with Gasteiger partial charge in [0.05, 0.1) is 11.3 Å². The van der Waals surface area contributed by atoms with Crippen molar-refractivity contribution < 1.29 is 14.7 Å². The van der Waals surface area contributed by atoms with E-state index >= 15 is 0 Å². The summed E-state index contributed by atoms with van der Waals surface area (Å²) in [4.78, 5) is 23.0. The minimum atomic E-state index is -0.984. The van der Waals surface area contributed by atoms with E-state index in [0.717, 1.165) is 23.5 Å². The Morgan fingerprint density at radius 2 is 1.84 bits per heavy atom. The third kappa shape index (κ3) is 4.92. The first-order valence-corrected chi connectivity index (χ1v) is 8.44. The van der Waals surface area contributed by atoms with E-state index in [0.29, 0.717) is 24.4 Å². The van der Waals surface area contributed by atoms with Crippen LogP contribution in [-0.4, -0.2) is 26.8 Å². The topological polar surface area (TPSA) is 84.2 Å². The Morgan fingerprint density at radius 1 is 1.20 bits per heavy atom. The molecule has 0 aliphatic heterocycles. The van der Waals surface area contributed by atoms with Gasteiger partial charge in [0.1, 0.15) is 0 Å². The van der Waals surface area contributed by atoms with Gasteiger partial charge >= 0.3 is 5.97 Å². The second-order valence-electron chi connectivity index (χ2n) is 6.66. The van der Waals surface area contributed by atoms with Crippen molar-refractivity contribution in [1.82, 2.24) is 9.78 Å². The second kappa shape index (κ2) is 7.96. The zero-order chi connectivity index (χ0) is 18.6. The van der Waals surface area contributed by atoms with E-state index in [1.165, 1.54) is 12.1 Å². The number of nitrogens with zero attached hydrogens (tertiary/aromatic N) is 2. The maximum Gasteiger partial charge on any atom is 0.335 e. The van der Waals surface area contributed by atoms with Crippen molar-refractivity contribution in [2.24, 2.45) is 5.92 Å². The van der Waals surface area contributed by atoms with Crippen LogP contribution in [0, 0.1) is 19.8 Å². The zero-order valence-electron chi connectivity index (χ0n) is 15.2. The summed E-state index contributed by atoms with van der Waals surface area (Å²) in [6, 6.07) is 6.14. The van der Waals surface area contributed by atoms with Crippen molar-refractivity contribution in [3.05, 3.63) is 46.8 Å². The molecule has 6 nitrogen and oxygen atoms in total. The standard InChI is InChI=1S/C19H25N3O3/c1-12(2)11-22-14(4)17(13(3)21-22)9-10-18(23)20-16-7-5-15(6-8-16)19(24)25/h5-8,12H,9-11H2,1-4H3,(H,20,23)(H,24,25). The maximum atomic E-state index is 12.2. The van der Waals surface area contributed by atoms with Gasteiger partial charge in [-0.05, 0) is 56.0 Å². The fourth-order valence-corrected chi connectivity index (χ4v) is 2.78. The number of aryl methyl sites for hydroxylation is 1. The number of hydrogen-bond acceptors (Lipinski definition) is 3. The molecule has 1 aromatic carbocycles. The predicted molar refractivity (Wildman–Crippen MR) is 96.9 cm³/mol. The molecule has 1 heterocycles. The van der Waals surface area contributed by atoms with Gasteiger partial charge in [-0.1, -0.05) is 13.8 Å². The average Bonchev–Trinajstić information content (AvgIpc) is 2.79. The van der Waals surface area contributed by atoms with Gasteiger partial charge in [-0.25, -0.2) is 4.79 Å². The highest BCUT2D eigenvalue weighted by Gasteiger charge is 2.14. The van der Waals surface area contributed by atoms with Crippen LogP contribution in [0.3, 0.4) is 0 Å². The predicted octanol–water partition coefficient (Wildman–Crippen LogP) is 3.43. The lowest BCUT2D eigenvalue weighted by atomic mass is 10.1. The molecular weight excluding hydrogens is 318 g/mol. The monoisotopic (exact) mass is 343 g/mol. The van der Waals surface area contributed by atoms with Gasteiger partial charge in [0, 0.05) is 24.3 Å². The fourth-order valence-electron chi connectivity index (χ4n) is 2.78. The largest absolute Gasteiger partial charge is 0.478 e. The molecule has 0 atom stereocenters. The number of rotatable bonds is 7. The van der Waals surface area contributed by atoms with Crippen LogP contribution in [0.25, 0.3) is 0 Å². The summed E-state index contributed by atoms with van der Waals surface area (Å²) in [6.07, 6.45) is 0.991. The van der Waals surface area contributed by atoms with Crippen LogP contribution >= 0.6 is 0 Å². The summed E-state index contributed by atoms with van der Waals surface area (Å²) >= 11 is 0. The molecule has 6 heteroatoms. The third-order valence-corrected chi connectivity index (χ3v) is 4.09. The molecular formula is C19H25N3O3. The van der Waals surface area contributed by atoms with E-state index in [1.807, 2.05) is 18.5 Å². The number of hydrogen-bond donors (Lipinski definition) is 2. The lowest BCUT2D eigenvalue weighted by Crippen LogP contribution is -2.13. The minimum Gasteiger partial charge on any atom is -0.478 e. The molecule has 0 aliphatic rings. The number of benzene rings is 1. The van der Waals surface area contributed by atoms with Crippen LogP contribution in [-0.2, 0) is 17.8 Å². The Morgan fingerprint density at radius 3 is 2.40 bits per heavy atom. The van der Waals surface area contributed by atoms with Gasteiger partial charge in [0.25, 0.3) is 0 Å². The summed E-state index contributed by atoms with van der Waals surface area (Å²) in [5.41, 5.74) is 4.00. The Labute approximate surface area is 147 Å². The molecule has 0 spiro atoms. The fraction of sp³-hybridized carbons (Fsp3) is 0.421. The number of amides is 1. The highest BCUT2D eigenvalue weighted by Crippen LogP contribution is 2.17. The lowest BCUT2D eigenvalue weighted by Gasteiger charge is -2.08. The summed E-state index contributed by atoms with van der Waals surface area (Å²) in [5, 5.41) is 16.2. The van der Waals surface area contributed by atoms with Crippen LogP contribution in [0.2, 0.25) is 0 Å². The number of nitrogens with one attached hydrogen (secondary N) is 1. The van der Waals surface area contributed by atoms with E-state index in [-0.39, 0.29) is 11.5 Å². The van der Waals surface area contributed by atoms with Crippen molar-refractivity contribution in [2.45, 2.75) is 47.1 Å². The van der Waals surface area contributed by atoms with E-state index in [4.69, 9.17) is 5.11 Å². The van der Waals surface area contributed by atoms with Crippen molar-refractivity contribution in [2.75, 3.05) is 5.32 Å². The lowest BCUT2D eigenvalue weighted by molar-refractivity contribution is -0.116. The normalized spacial score (nSPS) is 10.9. The van der Waals surface area contributed by atoms with Gasteiger partial charge in [-0.15, -0.1) is 0 Å². The van der Waals surface area contributed by atoms with E-state index in [2.05, 4.69) is 24.3 Å². The molecule has 0 aliphatic carbocycles. The number of aromatic nitrogens is 2. The Bertz CT molecular complexity index is 761. The summed E-state index contributed by atoms with van der Waals surface area (Å²) in [6.45, 7) is 9.19. The smallest absolute Gasteiger partial charge is 0.335 e. The number of carboxylic acids is 1. The van der Waals surface area contributed by atoms with Crippen LogP contribution in [0.5, 0.6) is 0 Å². The SMILES string of the molecule is Cc1nn(CC(C)C)c(C)c1CCC(=O)Nc1ccc(C(=O)O)cc1. The van der Waals surface area contributed by atoms with Crippen LogP contribution < -0.4 is 5.32 Å². The van der Waals surface area contributed by atoms with Gasteiger partial charge in [0.15, 0.2) is 0 Å². The molecule has 2 N–H and O–H groups in total. The number of aromatic carboxylic acids is 1. The summed E-state index contributed by atoms with van der Waals surface area (Å²) in [5.74, 6) is -0.566. The van der Waals surface area contributed by atoms with Crippen molar-refractivity contribution in [3.8, 4) is 0 Å². The minimum absolute atomic E-state index is 0.0986. The first kappa shape index (κ1) is 18.7.